The van der Waals surface area contributed by atoms with Gasteiger partial charge in [0.15, 0.2) is 0 Å². The van der Waals surface area contributed by atoms with Crippen LogP contribution in [-0.2, 0) is 6.54 Å². The number of thiophene rings is 1. The molecule has 1 aromatic carbocycles. The van der Waals surface area contributed by atoms with E-state index in [0.29, 0.717) is 12.2 Å². The summed E-state index contributed by atoms with van der Waals surface area (Å²) in [5.74, 6) is -0.0999. The summed E-state index contributed by atoms with van der Waals surface area (Å²) in [5.41, 5.74) is 2.42. The second kappa shape index (κ2) is 6.22. The molecule has 0 aliphatic carbocycles. The van der Waals surface area contributed by atoms with Crippen molar-refractivity contribution in [3.05, 3.63) is 69.6 Å². The number of aromatic nitrogens is 2. The molecule has 0 unspecified atom stereocenters. The Morgan fingerprint density at radius 3 is 3.00 bits per heavy atom. The fraction of sp³-hybridized carbons (Fsp3) is 0.111. The second-order valence-electron chi connectivity index (χ2n) is 5.47. The molecule has 4 nitrogen and oxygen atoms in total. The van der Waals surface area contributed by atoms with Crippen molar-refractivity contribution in [2.24, 2.45) is 0 Å². The van der Waals surface area contributed by atoms with Gasteiger partial charge >= 0.3 is 0 Å². The summed E-state index contributed by atoms with van der Waals surface area (Å²) in [4.78, 5) is 18.3. The molecule has 0 aliphatic rings. The minimum Gasteiger partial charge on any atom is -0.338 e. The predicted molar refractivity (Wildman–Crippen MR) is 100 cm³/mol. The van der Waals surface area contributed by atoms with Crippen LogP contribution in [-0.4, -0.2) is 15.5 Å². The lowest BCUT2D eigenvalue weighted by atomic mass is 10.3. The maximum absolute atomic E-state index is 12.6. The van der Waals surface area contributed by atoms with Gasteiger partial charge in [-0.1, -0.05) is 6.07 Å². The predicted octanol–water partition coefficient (Wildman–Crippen LogP) is 4.77. The molecular formula is C18H15N3OS2. The van der Waals surface area contributed by atoms with Crippen LogP contribution in [0.15, 0.2) is 54.0 Å². The lowest BCUT2D eigenvalue weighted by Crippen LogP contribution is -2.16. The van der Waals surface area contributed by atoms with E-state index in [1.165, 1.54) is 4.88 Å². The van der Waals surface area contributed by atoms with E-state index in [4.69, 9.17) is 0 Å². The minimum atomic E-state index is -0.0999. The summed E-state index contributed by atoms with van der Waals surface area (Å²) in [6, 6.07) is 13.7. The van der Waals surface area contributed by atoms with Crippen molar-refractivity contribution in [3.8, 4) is 0 Å². The molecule has 0 saturated carbocycles. The standard InChI is InChI=1S/C18H15N3OS2/c1-12-19-15-7-6-13(10-17(15)24-12)20-18(22)16-5-2-8-21(16)11-14-4-3-9-23-14/h2-10H,11H2,1H3,(H,20,22). The Labute approximate surface area is 147 Å². The lowest BCUT2D eigenvalue weighted by molar-refractivity contribution is 0.101. The SMILES string of the molecule is Cc1nc2ccc(NC(=O)c3cccn3Cc3cccs3)cc2s1. The summed E-state index contributed by atoms with van der Waals surface area (Å²) in [6.45, 7) is 2.70. The molecule has 3 heterocycles. The highest BCUT2D eigenvalue weighted by Gasteiger charge is 2.12. The number of thiazole rings is 1. The number of aryl methyl sites for hydroxylation is 1. The molecule has 0 radical (unpaired) electrons. The van der Waals surface area contributed by atoms with Gasteiger partial charge in [0.2, 0.25) is 0 Å². The number of nitrogens with one attached hydrogen (secondary N) is 1. The molecule has 120 valence electrons. The lowest BCUT2D eigenvalue weighted by Gasteiger charge is -2.09. The van der Waals surface area contributed by atoms with E-state index in [0.717, 1.165) is 20.9 Å². The van der Waals surface area contributed by atoms with Crippen molar-refractivity contribution >= 4 is 44.5 Å². The summed E-state index contributed by atoms with van der Waals surface area (Å²) in [5, 5.41) is 6.06. The molecule has 0 aliphatic heterocycles. The van der Waals surface area contributed by atoms with Gasteiger partial charge in [-0.15, -0.1) is 22.7 Å². The van der Waals surface area contributed by atoms with Crippen LogP contribution in [0.4, 0.5) is 5.69 Å². The monoisotopic (exact) mass is 353 g/mol. The maximum Gasteiger partial charge on any atom is 0.272 e. The van der Waals surface area contributed by atoms with E-state index in [-0.39, 0.29) is 5.91 Å². The molecule has 0 fully saturated rings. The summed E-state index contributed by atoms with van der Waals surface area (Å²) >= 11 is 3.32. The van der Waals surface area contributed by atoms with Crippen LogP contribution in [0.5, 0.6) is 0 Å². The average Bonchev–Trinajstić information content (AvgIpc) is 3.27. The molecule has 1 N–H and O–H groups in total. The fourth-order valence-corrected chi connectivity index (χ4v) is 4.21. The van der Waals surface area contributed by atoms with Crippen molar-refractivity contribution in [2.45, 2.75) is 13.5 Å². The van der Waals surface area contributed by atoms with Crippen molar-refractivity contribution in [2.75, 3.05) is 5.32 Å². The normalized spacial score (nSPS) is 11.0. The third-order valence-electron chi connectivity index (χ3n) is 3.72. The van der Waals surface area contributed by atoms with Gasteiger partial charge in [0, 0.05) is 16.8 Å². The van der Waals surface area contributed by atoms with E-state index >= 15 is 0 Å². The molecule has 0 atom stereocenters. The number of fused-ring (bicyclic) bond motifs is 1. The highest BCUT2D eigenvalue weighted by molar-refractivity contribution is 7.18. The molecule has 3 aromatic heterocycles. The number of hydrogen-bond donors (Lipinski definition) is 1. The van der Waals surface area contributed by atoms with Gasteiger partial charge in [-0.05, 0) is 48.7 Å². The van der Waals surface area contributed by atoms with Crippen molar-refractivity contribution in [1.29, 1.82) is 0 Å². The number of anilines is 1. The van der Waals surface area contributed by atoms with Crippen LogP contribution < -0.4 is 5.32 Å². The molecule has 24 heavy (non-hydrogen) atoms. The van der Waals surface area contributed by atoms with E-state index in [1.807, 2.05) is 59.5 Å². The van der Waals surface area contributed by atoms with Crippen LogP contribution in [0.3, 0.4) is 0 Å². The molecule has 0 spiro atoms. The summed E-state index contributed by atoms with van der Waals surface area (Å²) in [6.07, 6.45) is 1.93. The van der Waals surface area contributed by atoms with Crippen LogP contribution in [0, 0.1) is 6.92 Å². The van der Waals surface area contributed by atoms with Crippen LogP contribution in [0.2, 0.25) is 0 Å². The topological polar surface area (TPSA) is 46.9 Å². The van der Waals surface area contributed by atoms with Gasteiger partial charge < -0.3 is 9.88 Å². The smallest absolute Gasteiger partial charge is 0.272 e. The first kappa shape index (κ1) is 15.1. The van der Waals surface area contributed by atoms with Crippen molar-refractivity contribution in [1.82, 2.24) is 9.55 Å². The third-order valence-corrected chi connectivity index (χ3v) is 5.52. The Bertz CT molecular complexity index is 999. The van der Waals surface area contributed by atoms with Crippen LogP contribution in [0.1, 0.15) is 20.4 Å². The highest BCUT2D eigenvalue weighted by Crippen LogP contribution is 2.25. The molecule has 0 saturated heterocycles. The van der Waals surface area contributed by atoms with Gasteiger partial charge in [-0.25, -0.2) is 4.98 Å². The third kappa shape index (κ3) is 2.98. The molecule has 0 bridgehead atoms. The van der Waals surface area contributed by atoms with Gasteiger partial charge in [0.25, 0.3) is 5.91 Å². The molecule has 4 aromatic rings. The number of carbonyl (C=O) groups is 1. The van der Waals surface area contributed by atoms with Crippen molar-refractivity contribution in [3.63, 3.8) is 0 Å². The summed E-state index contributed by atoms with van der Waals surface area (Å²) < 4.78 is 3.05. The Kier molecular flexibility index (Phi) is 3.92. The fourth-order valence-electron chi connectivity index (χ4n) is 2.64. The molecular weight excluding hydrogens is 338 g/mol. The second-order valence-corrected chi connectivity index (χ2v) is 7.74. The van der Waals surface area contributed by atoms with E-state index in [2.05, 4.69) is 16.4 Å². The Morgan fingerprint density at radius 1 is 1.25 bits per heavy atom. The quantitative estimate of drug-likeness (QED) is 0.574. The van der Waals surface area contributed by atoms with E-state index < -0.39 is 0 Å². The average molecular weight is 353 g/mol. The number of carbonyl (C=O) groups excluding carboxylic acids is 1. The number of amides is 1. The first-order valence-electron chi connectivity index (χ1n) is 7.55. The molecule has 1 amide bonds. The Morgan fingerprint density at radius 2 is 2.17 bits per heavy atom. The largest absolute Gasteiger partial charge is 0.338 e. The van der Waals surface area contributed by atoms with E-state index in [1.54, 1.807) is 22.7 Å². The van der Waals surface area contributed by atoms with Gasteiger partial charge in [-0.3, -0.25) is 4.79 Å². The molecule has 6 heteroatoms. The first-order valence-corrected chi connectivity index (χ1v) is 9.25. The number of benzene rings is 1. The van der Waals surface area contributed by atoms with Gasteiger partial charge in [-0.2, -0.15) is 0 Å². The van der Waals surface area contributed by atoms with E-state index in [9.17, 15) is 4.79 Å². The van der Waals surface area contributed by atoms with Crippen molar-refractivity contribution < 1.29 is 4.79 Å². The van der Waals surface area contributed by atoms with Gasteiger partial charge in [0.05, 0.1) is 21.8 Å². The number of hydrogen-bond acceptors (Lipinski definition) is 4. The highest BCUT2D eigenvalue weighted by atomic mass is 32.1. The Hall–Kier alpha value is -2.44. The Balaban J connectivity index is 1.56. The number of nitrogens with zero attached hydrogens (tertiary/aromatic N) is 2. The summed E-state index contributed by atoms with van der Waals surface area (Å²) in [7, 11) is 0. The van der Waals surface area contributed by atoms with Crippen LogP contribution >= 0.6 is 22.7 Å². The van der Waals surface area contributed by atoms with Crippen LogP contribution in [0.25, 0.3) is 10.2 Å². The molecule has 4 rings (SSSR count). The first-order chi connectivity index (χ1) is 11.7. The zero-order chi connectivity index (χ0) is 16.5. The zero-order valence-corrected chi connectivity index (χ0v) is 14.7. The minimum absolute atomic E-state index is 0.0999. The van der Waals surface area contributed by atoms with Gasteiger partial charge in [0.1, 0.15) is 5.69 Å². The number of rotatable bonds is 4. The zero-order valence-electron chi connectivity index (χ0n) is 13.0. The maximum atomic E-state index is 12.6.